The summed E-state index contributed by atoms with van der Waals surface area (Å²) >= 11 is 0. The lowest BCUT2D eigenvalue weighted by Crippen LogP contribution is -2.77. The van der Waals surface area contributed by atoms with Gasteiger partial charge in [0, 0.05) is 41.1 Å². The Labute approximate surface area is 432 Å². The summed E-state index contributed by atoms with van der Waals surface area (Å²) < 4.78 is 34.9. The number of hydrogen-bond donors (Lipinski definition) is 3. The molecule has 19 heteroatoms. The number of rotatable bonds is 15. The molecule has 4 aromatic carbocycles. The van der Waals surface area contributed by atoms with E-state index in [-0.39, 0.29) is 42.1 Å². The minimum absolute atomic E-state index is 0.0810. The zero-order chi connectivity index (χ0) is 54.2. The van der Waals surface area contributed by atoms with Crippen LogP contribution in [0.1, 0.15) is 110 Å². The lowest BCUT2D eigenvalue weighted by atomic mass is 9.41. The number of carbonyl (C=O) groups is 6. The van der Waals surface area contributed by atoms with Crippen LogP contribution < -0.4 is 5.32 Å². The molecule has 1 heterocycles. The van der Waals surface area contributed by atoms with Gasteiger partial charge in [-0.25, -0.2) is 19.2 Å². The highest BCUT2D eigenvalue weighted by Gasteiger charge is 2.75. The van der Waals surface area contributed by atoms with Crippen LogP contribution in [0, 0.1) is 38.2 Å². The maximum Gasteiger partial charge on any atom is 0.510 e. The van der Waals surface area contributed by atoms with Gasteiger partial charge in [-0.15, -0.1) is 10.1 Å². The van der Waals surface area contributed by atoms with Gasteiger partial charge in [0.05, 0.1) is 35.4 Å². The third-order valence-electron chi connectivity index (χ3n) is 15.9. The molecule has 3 N–H and O–H groups in total. The van der Waals surface area contributed by atoms with E-state index < -0.39 is 118 Å². The minimum atomic E-state index is -2.13. The van der Waals surface area contributed by atoms with Crippen LogP contribution in [0.15, 0.2) is 126 Å². The van der Waals surface area contributed by atoms with Crippen LogP contribution in [-0.4, -0.2) is 100 Å². The first-order valence-electron chi connectivity index (χ1n) is 24.6. The fourth-order valence-corrected chi connectivity index (χ4v) is 11.9. The van der Waals surface area contributed by atoms with Crippen molar-refractivity contribution in [2.45, 2.75) is 116 Å². The van der Waals surface area contributed by atoms with Crippen LogP contribution in [0.25, 0.3) is 0 Å². The van der Waals surface area contributed by atoms with Gasteiger partial charge in [0.1, 0.15) is 36.2 Å². The second-order valence-electron chi connectivity index (χ2n) is 20.7. The van der Waals surface area contributed by atoms with Crippen molar-refractivity contribution in [3.63, 3.8) is 0 Å². The fourth-order valence-electron chi connectivity index (χ4n) is 11.9. The Hall–Kier alpha value is -7.48. The molecule has 1 saturated heterocycles. The molecule has 2 unspecified atom stereocenters. The Bertz CT molecular complexity index is 2860. The lowest BCUT2D eigenvalue weighted by molar-refractivity contribution is -0.777. The number of benzene rings is 4. The van der Waals surface area contributed by atoms with Gasteiger partial charge in [-0.2, -0.15) is 0 Å². The molecule has 3 aliphatic carbocycles. The Kier molecular flexibility index (Phi) is 15.1. The molecule has 8 rings (SSSR count). The number of hydrogen-bond acceptors (Lipinski definition) is 17. The average molecular weight is 1030 g/mol. The number of carbonyl (C=O) groups excluding carboxylic acids is 6. The summed E-state index contributed by atoms with van der Waals surface area (Å²) in [5.41, 5.74) is -4.15. The normalized spacial score (nSPS) is 28.6. The number of aliphatic hydroxyl groups is 2. The standard InChI is InChI=1S/C56H60N2O17/c1-31-39(28-56(66)47(74-50(63)37-21-15-10-16-22-37)45-54(6)30-70-41(54)27-40(59)55(45,7)46(60)32(2)42(31)53(56,4)5)72-51(64)44(43(35-17-11-8-12-18-35)57-48(61)36-19-13-9-14-20-36)73-49(62)38-25-23-34(24-26-38)29-69-52(65)71-33(3)75-58(67)68/h8-26,32-33,39-41,43-45,47,59,66H,27-30H2,1-7H3,(H,57,61)/t32-,33?,39+,40+,41-,43+,44-,45?,47+,54-,55-,56-/m1/s1. The van der Waals surface area contributed by atoms with Crippen molar-refractivity contribution in [1.82, 2.24) is 5.32 Å². The van der Waals surface area contributed by atoms with E-state index in [4.69, 9.17) is 23.7 Å². The molecule has 0 spiro atoms. The summed E-state index contributed by atoms with van der Waals surface area (Å²) in [5.74, 6) is -5.98. The number of ketones is 1. The van der Waals surface area contributed by atoms with Gasteiger partial charge < -0.3 is 44.0 Å². The van der Waals surface area contributed by atoms with Crippen molar-refractivity contribution in [2.75, 3.05) is 6.61 Å². The maximum atomic E-state index is 15.4. The summed E-state index contributed by atoms with van der Waals surface area (Å²) in [6.45, 7) is 11.3. The molecule has 1 aliphatic heterocycles. The van der Waals surface area contributed by atoms with Gasteiger partial charge in [-0.1, -0.05) is 107 Å². The van der Waals surface area contributed by atoms with Crippen LogP contribution in [0.3, 0.4) is 0 Å². The van der Waals surface area contributed by atoms with Gasteiger partial charge in [0.15, 0.2) is 0 Å². The quantitative estimate of drug-likeness (QED) is 0.0265. The van der Waals surface area contributed by atoms with Crippen LogP contribution >= 0.6 is 0 Å². The van der Waals surface area contributed by atoms with E-state index >= 15 is 9.59 Å². The number of nitrogens with one attached hydrogen (secondary N) is 1. The molecule has 3 fully saturated rings. The first kappa shape index (κ1) is 53.8. The Morgan fingerprint density at radius 1 is 0.827 bits per heavy atom. The zero-order valence-electron chi connectivity index (χ0n) is 42.5. The van der Waals surface area contributed by atoms with Gasteiger partial charge in [0.2, 0.25) is 12.4 Å². The highest BCUT2D eigenvalue weighted by Crippen LogP contribution is 2.66. The molecule has 12 atom stereocenters. The van der Waals surface area contributed by atoms with Crippen LogP contribution in [0.2, 0.25) is 0 Å². The van der Waals surface area contributed by atoms with Crippen LogP contribution in [0.5, 0.6) is 0 Å². The fraction of sp³-hybridized carbons (Fsp3) is 0.429. The topological polar surface area (TPSA) is 263 Å². The number of aliphatic hydroxyl groups excluding tert-OH is 1. The van der Waals surface area contributed by atoms with E-state index in [1.807, 2.05) is 6.92 Å². The van der Waals surface area contributed by atoms with Gasteiger partial charge >= 0.3 is 24.1 Å². The number of Topliss-reactive ketones (excluding diaryl/α,β-unsaturated/α-hetero) is 1. The predicted octanol–water partition coefficient (Wildman–Crippen LogP) is 7.22. The van der Waals surface area contributed by atoms with E-state index in [0.717, 1.165) is 6.92 Å². The molecular formula is C56H60N2O17. The number of ether oxygens (including phenoxy) is 6. The summed E-state index contributed by atoms with van der Waals surface area (Å²) in [4.78, 5) is 100. The first-order chi connectivity index (χ1) is 35.5. The SMILES string of the molecule is CC1=C2[C@@H](C)C(=O)[C@@]3(C)C([C@H](OC(=O)c4ccccc4)[C@](O)(C[C@@H]1OC(=O)[C@H](OC(=O)c1ccc(COC(=O)OC(C)O[N+](=O)[O-])cc1)[C@@H](NC(=O)c1ccccc1)c1ccccc1)C2(C)C)[C@]1(C)CO[C@@H]1C[C@@H]3O. The number of nitrogens with zero attached hydrogens (tertiary/aromatic N) is 1. The third kappa shape index (κ3) is 10.1. The van der Waals surface area contributed by atoms with Crippen molar-refractivity contribution < 1.29 is 77.3 Å². The van der Waals surface area contributed by atoms with Crippen LogP contribution in [0.4, 0.5) is 4.79 Å². The lowest BCUT2D eigenvalue weighted by Gasteiger charge is -2.68. The maximum absolute atomic E-state index is 15.4. The van der Waals surface area contributed by atoms with Crippen LogP contribution in [-0.2, 0) is 49.5 Å². The molecular weight excluding hydrogens is 973 g/mol. The van der Waals surface area contributed by atoms with Crippen molar-refractivity contribution >= 4 is 35.8 Å². The number of esters is 3. The zero-order valence-corrected chi connectivity index (χ0v) is 42.5. The summed E-state index contributed by atoms with van der Waals surface area (Å²) in [6, 6.07) is 28.7. The summed E-state index contributed by atoms with van der Waals surface area (Å²) in [5, 5.41) is 38.2. The summed E-state index contributed by atoms with van der Waals surface area (Å²) in [7, 11) is 0. The molecule has 0 radical (unpaired) electrons. The molecule has 1 amide bonds. The highest BCUT2D eigenvalue weighted by molar-refractivity contribution is 5.96. The Balaban J connectivity index is 1.18. The molecule has 2 bridgehead atoms. The van der Waals surface area contributed by atoms with Crippen molar-refractivity contribution in [3.05, 3.63) is 164 Å². The highest BCUT2D eigenvalue weighted by atomic mass is 17.0. The molecule has 396 valence electrons. The number of amides is 1. The molecule has 4 aromatic rings. The van der Waals surface area contributed by atoms with Gasteiger partial charge in [-0.3, -0.25) is 14.4 Å². The molecule has 75 heavy (non-hydrogen) atoms. The monoisotopic (exact) mass is 1030 g/mol. The van der Waals surface area contributed by atoms with Crippen molar-refractivity contribution in [2.24, 2.45) is 28.1 Å². The van der Waals surface area contributed by atoms with Gasteiger partial charge in [0.25, 0.3) is 11.0 Å². The van der Waals surface area contributed by atoms with Gasteiger partial charge in [-0.05, 0) is 79.4 Å². The third-order valence-corrected chi connectivity index (χ3v) is 15.9. The van der Waals surface area contributed by atoms with Crippen molar-refractivity contribution in [3.8, 4) is 0 Å². The first-order valence-corrected chi connectivity index (χ1v) is 24.6. The van der Waals surface area contributed by atoms with E-state index in [0.29, 0.717) is 22.3 Å². The van der Waals surface area contributed by atoms with E-state index in [2.05, 4.69) is 14.9 Å². The average Bonchev–Trinajstić information content (AvgIpc) is 3.39. The van der Waals surface area contributed by atoms with E-state index in [1.165, 1.54) is 24.3 Å². The smallest absolute Gasteiger partial charge is 0.455 e. The summed E-state index contributed by atoms with van der Waals surface area (Å²) in [6.07, 6.45) is -9.70. The van der Waals surface area contributed by atoms with Crippen molar-refractivity contribution in [1.29, 1.82) is 0 Å². The second-order valence-corrected chi connectivity index (χ2v) is 20.7. The molecule has 4 aliphatic rings. The molecule has 2 saturated carbocycles. The largest absolute Gasteiger partial charge is 0.510 e. The van der Waals surface area contributed by atoms with E-state index in [1.54, 1.807) is 126 Å². The number of fused-ring (bicyclic) bond motifs is 5. The molecule has 19 nitrogen and oxygen atoms in total. The predicted molar refractivity (Wildman–Crippen MR) is 263 cm³/mol. The molecule has 0 aromatic heterocycles. The minimum Gasteiger partial charge on any atom is -0.455 e. The van der Waals surface area contributed by atoms with E-state index in [9.17, 15) is 39.5 Å². The Morgan fingerprint density at radius 2 is 1.41 bits per heavy atom. The Morgan fingerprint density at radius 3 is 2.00 bits per heavy atom. The second kappa shape index (κ2) is 21.0.